The molecule has 0 aromatic heterocycles. The molecule has 4 aliphatic carbocycles. The van der Waals surface area contributed by atoms with Gasteiger partial charge in [0, 0.05) is 36.7 Å². The number of hydrogen-bond donors (Lipinski definition) is 0. The molecule has 0 aromatic carbocycles. The lowest BCUT2D eigenvalue weighted by Crippen LogP contribution is -2.54. The fraction of sp³-hybridized carbons (Fsp3) is 0.700. The van der Waals surface area contributed by atoms with E-state index in [1.54, 1.807) is 13.2 Å². The lowest BCUT2D eigenvalue weighted by atomic mass is 9.49. The first-order valence-corrected chi connectivity index (χ1v) is 8.89. The lowest BCUT2D eigenvalue weighted by molar-refractivity contribution is -0.144. The van der Waals surface area contributed by atoms with Crippen LogP contribution < -0.4 is 0 Å². The first-order valence-electron chi connectivity index (χ1n) is 8.89. The van der Waals surface area contributed by atoms with Crippen molar-refractivity contribution in [2.45, 2.75) is 52.1 Å². The summed E-state index contributed by atoms with van der Waals surface area (Å²) in [5.41, 5.74) is 0.893. The van der Waals surface area contributed by atoms with Gasteiger partial charge in [0.05, 0.1) is 6.10 Å². The van der Waals surface area contributed by atoms with E-state index >= 15 is 0 Å². The van der Waals surface area contributed by atoms with Gasteiger partial charge in [-0.2, -0.15) is 0 Å². The largest absolute Gasteiger partial charge is 0.381 e. The number of Topliss-reactive ketones (excluding diaryl/α,β-unsaturated/α-hetero) is 1. The van der Waals surface area contributed by atoms with E-state index in [9.17, 15) is 9.59 Å². The van der Waals surface area contributed by atoms with Gasteiger partial charge in [-0.15, -0.1) is 0 Å². The standard InChI is InChI=1S/C20H26O3/c1-19-9-8-13(21)10-12(19)4-5-14-15-6-7-17(23-3)20(15,2)11-16(22)18(14)19/h4-5,10,14-15,17-18H,6-9,11H2,1-3H3/t14?,15?,17-,18?,19-,20-/m0/s1. The summed E-state index contributed by atoms with van der Waals surface area (Å²) in [6.45, 7) is 4.45. The molecule has 3 heteroatoms. The molecule has 4 aliphatic rings. The Balaban J connectivity index is 1.79. The predicted molar refractivity (Wildman–Crippen MR) is 87.8 cm³/mol. The van der Waals surface area contributed by atoms with Gasteiger partial charge in [0.15, 0.2) is 5.78 Å². The van der Waals surface area contributed by atoms with Crippen LogP contribution in [-0.2, 0) is 14.3 Å². The summed E-state index contributed by atoms with van der Waals surface area (Å²) < 4.78 is 5.73. The van der Waals surface area contributed by atoms with Crippen molar-refractivity contribution in [1.29, 1.82) is 0 Å². The molecule has 0 N–H and O–H groups in total. The summed E-state index contributed by atoms with van der Waals surface area (Å²) in [4.78, 5) is 25.0. The van der Waals surface area contributed by atoms with Crippen LogP contribution in [0.5, 0.6) is 0 Å². The molecular formula is C20H26O3. The van der Waals surface area contributed by atoms with E-state index < -0.39 is 0 Å². The van der Waals surface area contributed by atoms with Crippen molar-refractivity contribution in [2.24, 2.45) is 28.6 Å². The Hall–Kier alpha value is -1.22. The topological polar surface area (TPSA) is 43.4 Å². The molecule has 124 valence electrons. The number of ether oxygens (including phenoxy) is 1. The van der Waals surface area contributed by atoms with E-state index in [2.05, 4.69) is 26.0 Å². The molecule has 3 nitrogen and oxygen atoms in total. The molecule has 0 aromatic rings. The number of carbonyl (C=O) groups is 2. The van der Waals surface area contributed by atoms with Crippen molar-refractivity contribution in [1.82, 2.24) is 0 Å². The molecule has 0 spiro atoms. The Morgan fingerprint density at radius 2 is 2.00 bits per heavy atom. The molecule has 6 atom stereocenters. The molecule has 0 amide bonds. The van der Waals surface area contributed by atoms with Crippen molar-refractivity contribution < 1.29 is 14.3 Å². The predicted octanol–water partition coefficient (Wildman–Crippen LogP) is 3.49. The van der Waals surface area contributed by atoms with Gasteiger partial charge in [0.2, 0.25) is 0 Å². The fourth-order valence-electron chi connectivity index (χ4n) is 6.18. The molecular weight excluding hydrogens is 288 g/mol. The highest BCUT2D eigenvalue weighted by Gasteiger charge is 2.61. The maximum atomic E-state index is 13.2. The number of rotatable bonds is 1. The van der Waals surface area contributed by atoms with Gasteiger partial charge in [-0.3, -0.25) is 9.59 Å². The minimum atomic E-state index is -0.156. The van der Waals surface area contributed by atoms with Crippen molar-refractivity contribution in [3.05, 3.63) is 23.8 Å². The average molecular weight is 314 g/mol. The molecule has 0 bridgehead atoms. The number of allylic oxidation sites excluding steroid dienone is 4. The highest BCUT2D eigenvalue weighted by molar-refractivity contribution is 5.93. The van der Waals surface area contributed by atoms with Gasteiger partial charge in [-0.1, -0.05) is 26.0 Å². The van der Waals surface area contributed by atoms with Crippen LogP contribution in [0, 0.1) is 28.6 Å². The SMILES string of the molecule is CO[C@H]1CCC2C3C=CC4=CC(=O)CC[C@]4(C)C3C(=O)C[C@@]21C. The average Bonchev–Trinajstić information content (AvgIpc) is 2.83. The molecule has 3 unspecified atom stereocenters. The summed E-state index contributed by atoms with van der Waals surface area (Å²) in [5, 5.41) is 0. The van der Waals surface area contributed by atoms with E-state index in [1.807, 2.05) is 0 Å². The van der Waals surface area contributed by atoms with Crippen LogP contribution >= 0.6 is 0 Å². The number of ketones is 2. The Kier molecular flexibility index (Phi) is 3.26. The van der Waals surface area contributed by atoms with Crippen LogP contribution in [0.25, 0.3) is 0 Å². The molecule has 2 fully saturated rings. The monoisotopic (exact) mass is 314 g/mol. The zero-order valence-electron chi connectivity index (χ0n) is 14.3. The second-order valence-corrected chi connectivity index (χ2v) is 8.45. The number of methoxy groups -OCH3 is 1. The third-order valence-corrected chi connectivity index (χ3v) is 7.41. The van der Waals surface area contributed by atoms with Gasteiger partial charge < -0.3 is 4.74 Å². The molecule has 0 radical (unpaired) electrons. The van der Waals surface area contributed by atoms with Gasteiger partial charge in [-0.05, 0) is 42.7 Å². The van der Waals surface area contributed by atoms with E-state index in [4.69, 9.17) is 4.74 Å². The Morgan fingerprint density at radius 3 is 2.74 bits per heavy atom. The highest BCUT2D eigenvalue weighted by atomic mass is 16.5. The van der Waals surface area contributed by atoms with Gasteiger partial charge in [0.1, 0.15) is 5.78 Å². The first-order chi connectivity index (χ1) is 10.9. The fourth-order valence-corrected chi connectivity index (χ4v) is 6.18. The minimum absolute atomic E-state index is 0.0284. The maximum absolute atomic E-state index is 13.2. The molecule has 2 saturated carbocycles. The summed E-state index contributed by atoms with van der Waals surface area (Å²) in [5.74, 6) is 1.44. The number of carbonyl (C=O) groups excluding carboxylic acids is 2. The molecule has 0 saturated heterocycles. The number of fused-ring (bicyclic) bond motifs is 5. The molecule has 0 heterocycles. The minimum Gasteiger partial charge on any atom is -0.381 e. The summed E-state index contributed by atoms with van der Waals surface area (Å²) >= 11 is 0. The van der Waals surface area contributed by atoms with Crippen LogP contribution in [0.3, 0.4) is 0 Å². The highest BCUT2D eigenvalue weighted by Crippen LogP contribution is 2.62. The van der Waals surface area contributed by atoms with E-state index in [-0.39, 0.29) is 28.6 Å². The van der Waals surface area contributed by atoms with Gasteiger partial charge in [-0.25, -0.2) is 0 Å². The van der Waals surface area contributed by atoms with Crippen LogP contribution in [-0.4, -0.2) is 24.8 Å². The third kappa shape index (κ3) is 1.92. The second kappa shape index (κ2) is 4.89. The molecule has 4 rings (SSSR count). The van der Waals surface area contributed by atoms with Crippen molar-refractivity contribution in [3.8, 4) is 0 Å². The zero-order chi connectivity index (χ0) is 16.4. The third-order valence-electron chi connectivity index (χ3n) is 7.41. The van der Waals surface area contributed by atoms with Crippen molar-refractivity contribution >= 4 is 11.6 Å². The Labute approximate surface area is 138 Å². The van der Waals surface area contributed by atoms with Crippen molar-refractivity contribution in [3.63, 3.8) is 0 Å². The van der Waals surface area contributed by atoms with Gasteiger partial charge in [0.25, 0.3) is 0 Å². The normalized spacial score (nSPS) is 48.6. The maximum Gasteiger partial charge on any atom is 0.156 e. The summed E-state index contributed by atoms with van der Waals surface area (Å²) in [7, 11) is 1.78. The van der Waals surface area contributed by atoms with E-state index in [0.717, 1.165) is 24.8 Å². The van der Waals surface area contributed by atoms with E-state index in [1.165, 1.54) is 0 Å². The lowest BCUT2D eigenvalue weighted by Gasteiger charge is -2.54. The zero-order valence-corrected chi connectivity index (χ0v) is 14.3. The summed E-state index contributed by atoms with van der Waals surface area (Å²) in [6, 6.07) is 0. The number of hydrogen-bond acceptors (Lipinski definition) is 3. The van der Waals surface area contributed by atoms with Crippen molar-refractivity contribution in [2.75, 3.05) is 7.11 Å². The van der Waals surface area contributed by atoms with Crippen LogP contribution in [0.15, 0.2) is 23.8 Å². The van der Waals surface area contributed by atoms with Gasteiger partial charge >= 0.3 is 0 Å². The smallest absolute Gasteiger partial charge is 0.156 e. The van der Waals surface area contributed by atoms with Crippen LogP contribution in [0.4, 0.5) is 0 Å². The first kappa shape index (κ1) is 15.3. The Morgan fingerprint density at radius 1 is 1.22 bits per heavy atom. The second-order valence-electron chi connectivity index (χ2n) is 8.45. The van der Waals surface area contributed by atoms with E-state index in [0.29, 0.717) is 30.5 Å². The van der Waals surface area contributed by atoms with Crippen LogP contribution in [0.1, 0.15) is 46.0 Å². The Bertz CT molecular complexity index is 631. The quantitative estimate of drug-likeness (QED) is 0.744. The van der Waals surface area contributed by atoms with Crippen LogP contribution in [0.2, 0.25) is 0 Å². The molecule has 23 heavy (non-hydrogen) atoms. The molecule has 0 aliphatic heterocycles. The summed E-state index contributed by atoms with van der Waals surface area (Å²) in [6.07, 6.45) is 10.6.